The van der Waals surface area contributed by atoms with Crippen LogP contribution in [0.15, 0.2) is 54.7 Å². The maximum absolute atomic E-state index is 5.40. The van der Waals surface area contributed by atoms with Gasteiger partial charge in [0.15, 0.2) is 5.82 Å². The second-order valence-corrected chi connectivity index (χ2v) is 7.57. The zero-order chi connectivity index (χ0) is 20.0. The smallest absolute Gasteiger partial charge is 0.249 e. The Balaban J connectivity index is 1.67. The van der Waals surface area contributed by atoms with Gasteiger partial charge in [-0.15, -0.1) is 5.10 Å². The standard InChI is InChI=1S/C22H27N5O/c1-22(2,3)17-10-6-7-11-18(17)25-21-26-20(15-24-27-21)23-14-13-16-9-5-8-12-19(16)28-4/h5-12,15H,13-14H2,1-4H3,(H2,23,25,26,27). The number of methoxy groups -OCH3 is 1. The second kappa shape index (κ2) is 8.69. The summed E-state index contributed by atoms with van der Waals surface area (Å²) in [6.45, 7) is 7.27. The molecule has 0 aliphatic carbocycles. The van der Waals surface area contributed by atoms with Gasteiger partial charge in [-0.3, -0.25) is 0 Å². The minimum absolute atomic E-state index is 0.0155. The van der Waals surface area contributed by atoms with Gasteiger partial charge in [0.2, 0.25) is 5.95 Å². The molecular weight excluding hydrogens is 350 g/mol. The molecule has 1 aromatic heterocycles. The Morgan fingerprint density at radius 3 is 2.54 bits per heavy atom. The minimum Gasteiger partial charge on any atom is -0.496 e. The lowest BCUT2D eigenvalue weighted by Gasteiger charge is -2.22. The fourth-order valence-electron chi connectivity index (χ4n) is 3.04. The average molecular weight is 377 g/mol. The van der Waals surface area contributed by atoms with Crippen molar-refractivity contribution in [2.24, 2.45) is 0 Å². The lowest BCUT2D eigenvalue weighted by atomic mass is 9.86. The van der Waals surface area contributed by atoms with E-state index in [1.165, 1.54) is 5.56 Å². The summed E-state index contributed by atoms with van der Waals surface area (Å²) in [5.41, 5.74) is 3.36. The molecule has 6 heteroatoms. The number of nitrogens with one attached hydrogen (secondary N) is 2. The highest BCUT2D eigenvalue weighted by Crippen LogP contribution is 2.30. The van der Waals surface area contributed by atoms with Crippen LogP contribution in [-0.4, -0.2) is 28.8 Å². The molecule has 0 spiro atoms. The van der Waals surface area contributed by atoms with Crippen LogP contribution >= 0.6 is 0 Å². The molecule has 0 fully saturated rings. The molecule has 0 saturated heterocycles. The lowest BCUT2D eigenvalue weighted by Crippen LogP contribution is -2.14. The number of para-hydroxylation sites is 2. The largest absolute Gasteiger partial charge is 0.496 e. The predicted molar refractivity (Wildman–Crippen MR) is 113 cm³/mol. The van der Waals surface area contributed by atoms with E-state index >= 15 is 0 Å². The van der Waals surface area contributed by atoms with Gasteiger partial charge in [0, 0.05) is 12.2 Å². The Labute approximate surface area is 166 Å². The number of anilines is 3. The van der Waals surface area contributed by atoms with E-state index in [0.717, 1.165) is 30.0 Å². The molecule has 2 aromatic carbocycles. The molecule has 1 heterocycles. The Morgan fingerprint density at radius 2 is 1.75 bits per heavy atom. The highest BCUT2D eigenvalue weighted by molar-refractivity contribution is 5.60. The minimum atomic E-state index is 0.0155. The molecular formula is C22H27N5O. The van der Waals surface area contributed by atoms with Gasteiger partial charge >= 0.3 is 0 Å². The van der Waals surface area contributed by atoms with Gasteiger partial charge in [-0.25, -0.2) is 0 Å². The summed E-state index contributed by atoms with van der Waals surface area (Å²) in [5, 5.41) is 14.8. The van der Waals surface area contributed by atoms with Crippen LogP contribution in [-0.2, 0) is 11.8 Å². The molecule has 0 radical (unpaired) electrons. The molecule has 146 valence electrons. The molecule has 0 amide bonds. The number of nitrogens with zero attached hydrogens (tertiary/aromatic N) is 3. The first kappa shape index (κ1) is 19.6. The van der Waals surface area contributed by atoms with E-state index in [-0.39, 0.29) is 5.41 Å². The molecule has 3 aromatic rings. The first-order valence-electron chi connectivity index (χ1n) is 9.39. The molecule has 0 aliphatic rings. The quantitative estimate of drug-likeness (QED) is 0.628. The Bertz CT molecular complexity index is 921. The fraction of sp³-hybridized carbons (Fsp3) is 0.318. The van der Waals surface area contributed by atoms with E-state index in [4.69, 9.17) is 4.74 Å². The third-order valence-corrected chi connectivity index (χ3v) is 4.43. The third kappa shape index (κ3) is 4.97. The number of hydrogen-bond acceptors (Lipinski definition) is 6. The number of benzene rings is 2. The van der Waals surface area contributed by atoms with Crippen LogP contribution in [0.3, 0.4) is 0 Å². The van der Waals surface area contributed by atoms with Crippen molar-refractivity contribution < 1.29 is 4.74 Å². The fourth-order valence-corrected chi connectivity index (χ4v) is 3.04. The van der Waals surface area contributed by atoms with Gasteiger partial charge in [0.05, 0.1) is 13.3 Å². The maximum Gasteiger partial charge on any atom is 0.249 e. The van der Waals surface area contributed by atoms with E-state index in [1.807, 2.05) is 36.4 Å². The van der Waals surface area contributed by atoms with E-state index in [0.29, 0.717) is 11.8 Å². The van der Waals surface area contributed by atoms with Gasteiger partial charge in [-0.1, -0.05) is 57.2 Å². The maximum atomic E-state index is 5.40. The van der Waals surface area contributed by atoms with Crippen molar-refractivity contribution in [2.45, 2.75) is 32.6 Å². The molecule has 2 N–H and O–H groups in total. The first-order chi connectivity index (χ1) is 13.5. The zero-order valence-corrected chi connectivity index (χ0v) is 16.9. The number of ether oxygens (including phenoxy) is 1. The lowest BCUT2D eigenvalue weighted by molar-refractivity contribution is 0.410. The Hall–Kier alpha value is -3.15. The summed E-state index contributed by atoms with van der Waals surface area (Å²) in [6, 6.07) is 16.2. The van der Waals surface area contributed by atoms with Crippen molar-refractivity contribution in [3.8, 4) is 5.75 Å². The van der Waals surface area contributed by atoms with E-state index in [9.17, 15) is 0 Å². The third-order valence-electron chi connectivity index (χ3n) is 4.43. The predicted octanol–water partition coefficient (Wildman–Crippen LogP) is 4.58. The molecule has 28 heavy (non-hydrogen) atoms. The van der Waals surface area contributed by atoms with Crippen LogP contribution < -0.4 is 15.4 Å². The summed E-state index contributed by atoms with van der Waals surface area (Å²) >= 11 is 0. The monoisotopic (exact) mass is 377 g/mol. The van der Waals surface area contributed by atoms with Gasteiger partial charge in [-0.05, 0) is 35.1 Å². The topological polar surface area (TPSA) is 72.0 Å². The normalized spacial score (nSPS) is 11.1. The van der Waals surface area contributed by atoms with E-state index in [2.05, 4.69) is 58.7 Å². The molecule has 0 bridgehead atoms. The van der Waals surface area contributed by atoms with Crippen molar-refractivity contribution in [3.63, 3.8) is 0 Å². The van der Waals surface area contributed by atoms with Gasteiger partial charge in [-0.2, -0.15) is 10.1 Å². The van der Waals surface area contributed by atoms with Crippen LogP contribution in [0, 0.1) is 0 Å². The summed E-state index contributed by atoms with van der Waals surface area (Å²) in [7, 11) is 1.69. The van der Waals surface area contributed by atoms with Crippen LogP contribution in [0.5, 0.6) is 5.75 Å². The molecule has 0 saturated carbocycles. The van der Waals surface area contributed by atoms with Crippen molar-refractivity contribution in [3.05, 3.63) is 65.9 Å². The van der Waals surface area contributed by atoms with Gasteiger partial charge in [0.1, 0.15) is 5.75 Å². The number of aromatic nitrogens is 3. The van der Waals surface area contributed by atoms with Crippen LogP contribution in [0.4, 0.5) is 17.5 Å². The van der Waals surface area contributed by atoms with E-state index in [1.54, 1.807) is 13.3 Å². The summed E-state index contributed by atoms with van der Waals surface area (Å²) in [5.74, 6) is 2.05. The summed E-state index contributed by atoms with van der Waals surface area (Å²) in [6.07, 6.45) is 2.45. The SMILES string of the molecule is COc1ccccc1CCNc1cnnc(Nc2ccccc2C(C)(C)C)n1. The van der Waals surface area contributed by atoms with Crippen LogP contribution in [0.25, 0.3) is 0 Å². The van der Waals surface area contributed by atoms with Crippen molar-refractivity contribution >= 4 is 17.5 Å². The number of rotatable bonds is 7. The highest BCUT2D eigenvalue weighted by atomic mass is 16.5. The van der Waals surface area contributed by atoms with Gasteiger partial charge in [0.25, 0.3) is 0 Å². The summed E-state index contributed by atoms with van der Waals surface area (Å²) in [4.78, 5) is 4.54. The van der Waals surface area contributed by atoms with Gasteiger partial charge < -0.3 is 15.4 Å². The molecule has 3 rings (SSSR count). The zero-order valence-electron chi connectivity index (χ0n) is 16.9. The molecule has 6 nitrogen and oxygen atoms in total. The summed E-state index contributed by atoms with van der Waals surface area (Å²) < 4.78 is 5.40. The molecule has 0 atom stereocenters. The Kier molecular flexibility index (Phi) is 6.09. The Morgan fingerprint density at radius 1 is 1.00 bits per heavy atom. The average Bonchev–Trinajstić information content (AvgIpc) is 2.68. The van der Waals surface area contributed by atoms with Crippen molar-refractivity contribution in [1.82, 2.24) is 15.2 Å². The molecule has 0 unspecified atom stereocenters. The first-order valence-corrected chi connectivity index (χ1v) is 9.39. The van der Waals surface area contributed by atoms with Crippen LogP contribution in [0.1, 0.15) is 31.9 Å². The number of hydrogen-bond donors (Lipinski definition) is 2. The van der Waals surface area contributed by atoms with Crippen LogP contribution in [0.2, 0.25) is 0 Å². The van der Waals surface area contributed by atoms with Crippen molar-refractivity contribution in [2.75, 3.05) is 24.3 Å². The van der Waals surface area contributed by atoms with E-state index < -0.39 is 0 Å². The molecule has 0 aliphatic heterocycles. The van der Waals surface area contributed by atoms with Crippen molar-refractivity contribution in [1.29, 1.82) is 0 Å². The highest BCUT2D eigenvalue weighted by Gasteiger charge is 2.18. The second-order valence-electron chi connectivity index (χ2n) is 7.57.